The Bertz CT molecular complexity index is 334. The first-order chi connectivity index (χ1) is 6.79. The van der Waals surface area contributed by atoms with Crippen molar-refractivity contribution in [2.75, 3.05) is 26.0 Å². The SMILES string of the molecule is C=C(C)C(=O)OCCN(CC)S(C)(=O)=O. The van der Waals surface area contributed by atoms with Gasteiger partial charge in [-0.25, -0.2) is 13.2 Å². The summed E-state index contributed by atoms with van der Waals surface area (Å²) in [7, 11) is -3.21. The molecule has 0 spiro atoms. The summed E-state index contributed by atoms with van der Waals surface area (Å²) >= 11 is 0. The van der Waals surface area contributed by atoms with Crippen LogP contribution in [0.1, 0.15) is 13.8 Å². The van der Waals surface area contributed by atoms with Crippen molar-refractivity contribution in [3.05, 3.63) is 12.2 Å². The topological polar surface area (TPSA) is 63.7 Å². The van der Waals surface area contributed by atoms with E-state index in [1.165, 1.54) is 11.2 Å². The summed E-state index contributed by atoms with van der Waals surface area (Å²) < 4.78 is 28.3. The van der Waals surface area contributed by atoms with Crippen LogP contribution in [0.2, 0.25) is 0 Å². The molecule has 0 heterocycles. The minimum absolute atomic E-state index is 0.0482. The number of carbonyl (C=O) groups is 1. The van der Waals surface area contributed by atoms with Crippen molar-refractivity contribution >= 4 is 16.0 Å². The largest absolute Gasteiger partial charge is 0.461 e. The van der Waals surface area contributed by atoms with Crippen LogP contribution in [-0.2, 0) is 19.6 Å². The zero-order chi connectivity index (χ0) is 12.1. The van der Waals surface area contributed by atoms with Crippen molar-refractivity contribution in [1.29, 1.82) is 0 Å². The summed E-state index contributed by atoms with van der Waals surface area (Å²) in [5.74, 6) is -0.500. The number of esters is 1. The van der Waals surface area contributed by atoms with E-state index < -0.39 is 16.0 Å². The van der Waals surface area contributed by atoms with E-state index in [1.807, 2.05) is 0 Å². The molecule has 0 aliphatic carbocycles. The van der Waals surface area contributed by atoms with Crippen molar-refractivity contribution in [2.24, 2.45) is 0 Å². The minimum Gasteiger partial charge on any atom is -0.461 e. The highest BCUT2D eigenvalue weighted by Gasteiger charge is 2.14. The average molecular weight is 235 g/mol. The lowest BCUT2D eigenvalue weighted by Gasteiger charge is -2.17. The highest BCUT2D eigenvalue weighted by atomic mass is 32.2. The van der Waals surface area contributed by atoms with Crippen molar-refractivity contribution in [3.8, 4) is 0 Å². The van der Waals surface area contributed by atoms with E-state index in [2.05, 4.69) is 6.58 Å². The maximum Gasteiger partial charge on any atom is 0.333 e. The molecule has 15 heavy (non-hydrogen) atoms. The molecule has 0 amide bonds. The third-order valence-corrected chi connectivity index (χ3v) is 3.12. The zero-order valence-electron chi connectivity index (χ0n) is 9.32. The Hall–Kier alpha value is -0.880. The van der Waals surface area contributed by atoms with Gasteiger partial charge in [0.15, 0.2) is 0 Å². The second kappa shape index (κ2) is 5.87. The van der Waals surface area contributed by atoms with Gasteiger partial charge in [0.1, 0.15) is 6.61 Å². The first-order valence-corrected chi connectivity index (χ1v) is 6.41. The van der Waals surface area contributed by atoms with Crippen molar-refractivity contribution in [2.45, 2.75) is 13.8 Å². The maximum atomic E-state index is 11.1. The summed E-state index contributed by atoms with van der Waals surface area (Å²) in [5, 5.41) is 0. The molecule has 0 rings (SSSR count). The monoisotopic (exact) mass is 235 g/mol. The smallest absolute Gasteiger partial charge is 0.333 e. The number of rotatable bonds is 6. The second-order valence-corrected chi connectivity index (χ2v) is 5.15. The van der Waals surface area contributed by atoms with E-state index in [0.717, 1.165) is 6.26 Å². The maximum absolute atomic E-state index is 11.1. The highest BCUT2D eigenvalue weighted by Crippen LogP contribution is 1.98. The van der Waals surface area contributed by atoms with E-state index >= 15 is 0 Å². The van der Waals surface area contributed by atoms with Gasteiger partial charge in [0.2, 0.25) is 10.0 Å². The van der Waals surface area contributed by atoms with Crippen LogP contribution in [0, 0.1) is 0 Å². The Balaban J connectivity index is 4.05. The summed E-state index contributed by atoms with van der Waals surface area (Å²) in [5.41, 5.74) is 0.303. The third-order valence-electron chi connectivity index (χ3n) is 1.74. The standard InChI is InChI=1S/C9H17NO4S/c1-5-10(15(4,12)13)6-7-14-9(11)8(2)3/h2,5-7H2,1,3-4H3. The molecule has 0 fully saturated rings. The molecule has 0 aliphatic rings. The normalized spacial score (nSPS) is 11.5. The van der Waals surface area contributed by atoms with Crippen molar-refractivity contribution in [3.63, 3.8) is 0 Å². The molecule has 0 aromatic carbocycles. The Morgan fingerprint density at radius 3 is 2.33 bits per heavy atom. The van der Waals surface area contributed by atoms with E-state index in [1.54, 1.807) is 6.92 Å². The summed E-state index contributed by atoms with van der Waals surface area (Å²) in [6, 6.07) is 0. The molecule has 0 aromatic rings. The number of carbonyl (C=O) groups excluding carboxylic acids is 1. The van der Waals surface area contributed by atoms with Gasteiger partial charge in [0.25, 0.3) is 0 Å². The van der Waals surface area contributed by atoms with Gasteiger partial charge in [0.05, 0.1) is 6.26 Å². The lowest BCUT2D eigenvalue weighted by Crippen LogP contribution is -2.33. The Labute approximate surface area is 90.8 Å². The number of sulfonamides is 1. The molecule has 0 N–H and O–H groups in total. The van der Waals surface area contributed by atoms with Gasteiger partial charge in [-0.05, 0) is 6.92 Å². The summed E-state index contributed by atoms with van der Waals surface area (Å²) in [4.78, 5) is 11.0. The van der Waals surface area contributed by atoms with Crippen molar-refractivity contribution in [1.82, 2.24) is 4.31 Å². The van der Waals surface area contributed by atoms with Crippen LogP contribution in [0.5, 0.6) is 0 Å². The molecule has 88 valence electrons. The third kappa shape index (κ3) is 5.54. The van der Waals surface area contributed by atoms with Gasteiger partial charge in [0, 0.05) is 18.7 Å². The molecule has 0 aromatic heterocycles. The summed E-state index contributed by atoms with van der Waals surface area (Å²) in [6.07, 6.45) is 1.12. The second-order valence-electron chi connectivity index (χ2n) is 3.17. The Kier molecular flexibility index (Phi) is 5.53. The van der Waals surface area contributed by atoms with E-state index in [-0.39, 0.29) is 13.2 Å². The predicted octanol–water partition coefficient (Wildman–Crippen LogP) is 0.387. The van der Waals surface area contributed by atoms with Gasteiger partial charge in [-0.1, -0.05) is 13.5 Å². The van der Waals surface area contributed by atoms with Crippen LogP contribution in [0.4, 0.5) is 0 Å². The van der Waals surface area contributed by atoms with E-state index in [9.17, 15) is 13.2 Å². The number of hydrogen-bond acceptors (Lipinski definition) is 4. The van der Waals surface area contributed by atoms with Gasteiger partial charge >= 0.3 is 5.97 Å². The molecule has 6 heteroatoms. The van der Waals surface area contributed by atoms with Crippen LogP contribution in [-0.4, -0.2) is 44.6 Å². The van der Waals surface area contributed by atoms with Gasteiger partial charge in [-0.3, -0.25) is 0 Å². The lowest BCUT2D eigenvalue weighted by molar-refractivity contribution is -0.139. The Morgan fingerprint density at radius 1 is 1.47 bits per heavy atom. The van der Waals surface area contributed by atoms with Gasteiger partial charge in [-0.15, -0.1) is 0 Å². The number of nitrogens with zero attached hydrogens (tertiary/aromatic N) is 1. The molecular formula is C9H17NO4S. The molecule has 0 radical (unpaired) electrons. The number of ether oxygens (including phenoxy) is 1. The fraction of sp³-hybridized carbons (Fsp3) is 0.667. The van der Waals surface area contributed by atoms with Gasteiger partial charge in [-0.2, -0.15) is 4.31 Å². The van der Waals surface area contributed by atoms with Crippen molar-refractivity contribution < 1.29 is 17.9 Å². The molecule has 0 saturated heterocycles. The summed E-state index contributed by atoms with van der Waals surface area (Å²) in [6.45, 7) is 7.27. The number of likely N-dealkylation sites (N-methyl/N-ethyl adjacent to an activating group) is 1. The fourth-order valence-electron chi connectivity index (χ4n) is 0.922. The van der Waals surface area contributed by atoms with Crippen LogP contribution in [0.15, 0.2) is 12.2 Å². The predicted molar refractivity (Wildman–Crippen MR) is 57.9 cm³/mol. The highest BCUT2D eigenvalue weighted by molar-refractivity contribution is 7.88. The average Bonchev–Trinajstić information content (AvgIpc) is 2.09. The van der Waals surface area contributed by atoms with Crippen LogP contribution in [0.3, 0.4) is 0 Å². The molecule has 0 bridgehead atoms. The lowest BCUT2D eigenvalue weighted by atomic mass is 10.4. The number of hydrogen-bond donors (Lipinski definition) is 0. The quantitative estimate of drug-likeness (QED) is 0.493. The molecule has 5 nitrogen and oxygen atoms in total. The first-order valence-electron chi connectivity index (χ1n) is 4.56. The fourth-order valence-corrected chi connectivity index (χ4v) is 1.80. The van der Waals surface area contributed by atoms with E-state index in [4.69, 9.17) is 4.74 Å². The molecular weight excluding hydrogens is 218 g/mol. The Morgan fingerprint density at radius 2 is 2.00 bits per heavy atom. The van der Waals surface area contributed by atoms with E-state index in [0.29, 0.717) is 12.1 Å². The minimum atomic E-state index is -3.21. The van der Waals surface area contributed by atoms with Crippen LogP contribution < -0.4 is 0 Å². The zero-order valence-corrected chi connectivity index (χ0v) is 10.1. The first kappa shape index (κ1) is 14.1. The molecule has 0 atom stereocenters. The van der Waals surface area contributed by atoms with Crippen LogP contribution >= 0.6 is 0 Å². The van der Waals surface area contributed by atoms with Crippen LogP contribution in [0.25, 0.3) is 0 Å². The molecule has 0 saturated carbocycles. The van der Waals surface area contributed by atoms with Gasteiger partial charge < -0.3 is 4.74 Å². The molecule has 0 unspecified atom stereocenters. The molecule has 0 aliphatic heterocycles.